The van der Waals surface area contributed by atoms with Crippen LogP contribution in [0, 0.1) is 0 Å². The Balaban J connectivity index is 0.000000247. The molecule has 0 fully saturated rings. The molecule has 0 aromatic heterocycles. The zero-order valence-corrected chi connectivity index (χ0v) is 40.2. The molecule has 2 atom stereocenters. The Bertz CT molecular complexity index is 2430. The van der Waals surface area contributed by atoms with E-state index in [4.69, 9.17) is 19.7 Å². The number of halogens is 2. The van der Waals surface area contributed by atoms with Gasteiger partial charge in [-0.15, -0.1) is 23.5 Å². The number of para-hydroxylation sites is 2. The number of carbonyl (C=O) groups is 2. The van der Waals surface area contributed by atoms with Gasteiger partial charge in [-0.3, -0.25) is 0 Å². The van der Waals surface area contributed by atoms with Crippen LogP contribution in [0.15, 0.2) is 129 Å². The molecule has 0 saturated carbocycles. The van der Waals surface area contributed by atoms with E-state index in [-0.39, 0.29) is 33.4 Å². The summed E-state index contributed by atoms with van der Waals surface area (Å²) >= 11 is 2.78. The van der Waals surface area contributed by atoms with Crippen LogP contribution in [0.3, 0.4) is 0 Å². The number of nitrogens with zero attached hydrogens (tertiary/aromatic N) is 2. The summed E-state index contributed by atoms with van der Waals surface area (Å²) in [4.78, 5) is 26.6. The summed E-state index contributed by atoms with van der Waals surface area (Å²) < 4.78 is 96.5. The molecule has 2 aliphatic heterocycles. The number of anilines is 4. The van der Waals surface area contributed by atoms with Crippen LogP contribution in [-0.2, 0) is 29.6 Å². The molecular formula is C46H54F2N4O10S4. The van der Waals surface area contributed by atoms with Crippen LogP contribution in [0.1, 0.15) is 66.2 Å². The number of sulfonamides is 2. The monoisotopic (exact) mass is 988 g/mol. The van der Waals surface area contributed by atoms with Gasteiger partial charge in [-0.05, 0) is 60.7 Å². The number of aliphatic carboxylic acids is 2. The summed E-state index contributed by atoms with van der Waals surface area (Å²) in [5.74, 6) is -5.06. The second-order valence-electron chi connectivity index (χ2n) is 15.0. The van der Waals surface area contributed by atoms with Crippen LogP contribution in [0.5, 0.6) is 11.5 Å². The van der Waals surface area contributed by atoms with Gasteiger partial charge in [0.2, 0.25) is 31.7 Å². The van der Waals surface area contributed by atoms with Crippen molar-refractivity contribution >= 4 is 78.3 Å². The molecule has 0 radical (unpaired) electrons. The normalized spacial score (nSPS) is 17.8. The number of ether oxygens (including phenoxy) is 2. The number of rotatable bonds is 18. The largest absolute Gasteiger partial charge is 0.476 e. The standard InChI is InChI=1S/2C23H27FN2O5S2/c2*1-3-5-9-16-14-26(17-10-7-6-8-11-17)19-12-21(32-4-2)20(31-15-18(24)23(27)28)13-22(19)33(29,30)25-16/h2*6-8,10-13,15-16,25H,3-5,9,14H2,1-2H3,(H,27,28)/b2*18-15-/t2*16-/m10/s1. The van der Waals surface area contributed by atoms with Gasteiger partial charge in [0.1, 0.15) is 33.8 Å². The second-order valence-corrected chi connectivity index (χ2v) is 21.0. The van der Waals surface area contributed by atoms with Gasteiger partial charge < -0.3 is 29.5 Å². The SMILES string of the molecule is CCCC[C@@H]1CN(c2ccccc2)c2cc(SCC)c(O/C=C(\F)C(=O)O)cc2S(=O)(=O)N1.CCCC[C@H]1CN(c2ccccc2)c2cc(SCC)c(O/C=C(\F)C(=O)O)cc2S(=O)(=O)N1. The third-order valence-corrected chi connectivity index (χ3v) is 15.1. The first-order chi connectivity index (χ1) is 31.5. The Morgan fingerprint density at radius 3 is 1.33 bits per heavy atom. The molecule has 0 saturated heterocycles. The number of unbranched alkanes of at least 4 members (excludes halogenated alkanes) is 2. The predicted octanol–water partition coefficient (Wildman–Crippen LogP) is 10.1. The highest BCUT2D eigenvalue weighted by Gasteiger charge is 2.35. The van der Waals surface area contributed by atoms with Crippen molar-refractivity contribution in [3.05, 3.63) is 109 Å². The lowest BCUT2D eigenvalue weighted by atomic mass is 10.1. The number of hydrogen-bond acceptors (Lipinski definition) is 12. The van der Waals surface area contributed by atoms with E-state index in [0.717, 1.165) is 37.1 Å². The van der Waals surface area contributed by atoms with Crippen LogP contribution in [0.2, 0.25) is 0 Å². The molecule has 6 rings (SSSR count). The van der Waals surface area contributed by atoms with Crippen molar-refractivity contribution in [1.29, 1.82) is 0 Å². The van der Waals surface area contributed by atoms with Crippen LogP contribution >= 0.6 is 23.5 Å². The summed E-state index contributed by atoms with van der Waals surface area (Å²) in [6.45, 7) is 8.83. The molecule has 4 N–H and O–H groups in total. The zero-order chi connectivity index (χ0) is 48.0. The van der Waals surface area contributed by atoms with Gasteiger partial charge in [0.25, 0.3) is 0 Å². The Morgan fingerprint density at radius 2 is 1.02 bits per heavy atom. The highest BCUT2D eigenvalue weighted by atomic mass is 32.2. The van der Waals surface area contributed by atoms with E-state index in [1.165, 1.54) is 35.7 Å². The molecule has 2 heterocycles. The molecular weight excluding hydrogens is 935 g/mol. The molecule has 0 spiro atoms. The van der Waals surface area contributed by atoms with Crippen molar-refractivity contribution in [2.24, 2.45) is 0 Å². The molecule has 356 valence electrons. The summed E-state index contributed by atoms with van der Waals surface area (Å²) in [6.07, 6.45) is 5.92. The van der Waals surface area contributed by atoms with Gasteiger partial charge in [-0.25, -0.2) is 35.9 Å². The van der Waals surface area contributed by atoms with Crippen molar-refractivity contribution in [2.45, 2.75) is 97.9 Å². The topological polar surface area (TPSA) is 192 Å². The maximum atomic E-state index is 13.5. The number of thioether (sulfide) groups is 2. The average Bonchev–Trinajstić information content (AvgIpc) is 3.48. The first-order valence-corrected chi connectivity index (χ1v) is 26.3. The Hall–Kier alpha value is -5.12. The van der Waals surface area contributed by atoms with E-state index < -0.39 is 43.6 Å². The van der Waals surface area contributed by atoms with Crippen molar-refractivity contribution in [3.63, 3.8) is 0 Å². The number of carboxylic acid groups (broad SMARTS) is 2. The lowest BCUT2D eigenvalue weighted by molar-refractivity contribution is -0.135. The lowest BCUT2D eigenvalue weighted by Gasteiger charge is -2.27. The highest BCUT2D eigenvalue weighted by Crippen LogP contribution is 2.44. The van der Waals surface area contributed by atoms with Gasteiger partial charge in [-0.2, -0.15) is 8.78 Å². The first-order valence-electron chi connectivity index (χ1n) is 21.4. The molecule has 4 aromatic carbocycles. The van der Waals surface area contributed by atoms with E-state index in [1.54, 1.807) is 12.1 Å². The Morgan fingerprint density at radius 1 is 0.652 bits per heavy atom. The van der Waals surface area contributed by atoms with Crippen LogP contribution in [0.4, 0.5) is 31.5 Å². The van der Waals surface area contributed by atoms with Crippen molar-refractivity contribution in [3.8, 4) is 11.5 Å². The quantitative estimate of drug-likeness (QED) is 0.0418. The molecule has 20 heteroatoms. The molecule has 4 aromatic rings. The average molecular weight is 989 g/mol. The van der Waals surface area contributed by atoms with Crippen LogP contribution < -0.4 is 28.7 Å². The first kappa shape index (κ1) is 51.9. The van der Waals surface area contributed by atoms with E-state index in [9.17, 15) is 35.2 Å². The summed E-state index contributed by atoms with van der Waals surface area (Å²) in [5.41, 5.74) is 2.66. The fraction of sp³-hybridized carbons (Fsp3) is 0.348. The van der Waals surface area contributed by atoms with E-state index >= 15 is 0 Å². The minimum atomic E-state index is -3.92. The smallest absolute Gasteiger partial charge is 0.368 e. The number of carboxylic acids is 2. The van der Waals surface area contributed by atoms with Gasteiger partial charge in [0.05, 0.1) is 21.2 Å². The molecule has 2 aliphatic rings. The molecule has 14 nitrogen and oxygen atoms in total. The number of benzene rings is 4. The van der Waals surface area contributed by atoms with Gasteiger partial charge >= 0.3 is 11.9 Å². The zero-order valence-electron chi connectivity index (χ0n) is 36.9. The molecule has 0 unspecified atom stereocenters. The second kappa shape index (κ2) is 24.1. The summed E-state index contributed by atoms with van der Waals surface area (Å²) in [6, 6.07) is 24.5. The number of nitrogens with one attached hydrogen (secondary N) is 2. The van der Waals surface area contributed by atoms with Crippen molar-refractivity contribution in [2.75, 3.05) is 34.4 Å². The predicted molar refractivity (Wildman–Crippen MR) is 255 cm³/mol. The van der Waals surface area contributed by atoms with Gasteiger partial charge in [0.15, 0.2) is 0 Å². The van der Waals surface area contributed by atoms with Crippen molar-refractivity contribution < 1.29 is 54.9 Å². The lowest BCUT2D eigenvalue weighted by Crippen LogP contribution is -2.39. The fourth-order valence-electron chi connectivity index (χ4n) is 7.15. The molecule has 0 aliphatic carbocycles. The van der Waals surface area contributed by atoms with E-state index in [2.05, 4.69) is 23.3 Å². The molecule has 66 heavy (non-hydrogen) atoms. The fourth-order valence-corrected chi connectivity index (χ4v) is 11.6. The highest BCUT2D eigenvalue weighted by molar-refractivity contribution is 7.99. The summed E-state index contributed by atoms with van der Waals surface area (Å²) in [7, 11) is -7.84. The van der Waals surface area contributed by atoms with Crippen LogP contribution in [-0.4, -0.2) is 75.7 Å². The van der Waals surface area contributed by atoms with Gasteiger partial charge in [0, 0.05) is 48.7 Å². The number of fused-ring (bicyclic) bond motifs is 2. The van der Waals surface area contributed by atoms with E-state index in [1.807, 2.05) is 84.3 Å². The Labute approximate surface area is 393 Å². The maximum Gasteiger partial charge on any atom is 0.368 e. The minimum Gasteiger partial charge on any atom is -0.476 e. The van der Waals surface area contributed by atoms with E-state index in [0.29, 0.717) is 71.1 Å². The summed E-state index contributed by atoms with van der Waals surface area (Å²) in [5, 5.41) is 17.5. The minimum absolute atomic E-state index is 0.00932. The third-order valence-electron chi connectivity index (χ3n) is 10.2. The Kier molecular flexibility index (Phi) is 18.9. The maximum absolute atomic E-state index is 13.5. The molecule has 0 bridgehead atoms. The van der Waals surface area contributed by atoms with Gasteiger partial charge in [-0.1, -0.05) is 89.8 Å². The number of hydrogen-bond donors (Lipinski definition) is 4. The van der Waals surface area contributed by atoms with Crippen molar-refractivity contribution in [1.82, 2.24) is 9.44 Å². The molecule has 0 amide bonds. The van der Waals surface area contributed by atoms with Crippen LogP contribution in [0.25, 0.3) is 0 Å². The third kappa shape index (κ3) is 13.5.